The van der Waals surface area contributed by atoms with Crippen molar-refractivity contribution in [3.8, 4) is 17.1 Å². The molecule has 0 unspecified atom stereocenters. The number of furan rings is 1. The number of esters is 2. The standard InChI is InChI=1S/C38H34N2O7S/c1-6-45-37(43)32-33(24-11-8-7-9-12-24)39-38-40(34(32)26-16-15-23(4)30(20-26)44-5)35(41)31(48-38)21-28-17-18-29(47-28)25-13-10-14-27(19-25)36(42)46-22(2)3/h7-22,34H,6H2,1-5H3/b31-21+/t34-/m1/s1. The lowest BCUT2D eigenvalue weighted by atomic mass is 9.92. The average molecular weight is 663 g/mol. The first-order valence-electron chi connectivity index (χ1n) is 15.5. The molecule has 1 aliphatic rings. The molecule has 0 amide bonds. The fraction of sp³-hybridized carbons (Fsp3) is 0.211. The molecule has 48 heavy (non-hydrogen) atoms. The number of fused-ring (bicyclic) bond motifs is 1. The minimum Gasteiger partial charge on any atom is -0.496 e. The lowest BCUT2D eigenvalue weighted by Gasteiger charge is -2.26. The summed E-state index contributed by atoms with van der Waals surface area (Å²) >= 11 is 1.20. The van der Waals surface area contributed by atoms with Crippen LogP contribution in [-0.4, -0.2) is 36.3 Å². The molecule has 3 heterocycles. The number of nitrogens with zero attached hydrogens (tertiary/aromatic N) is 2. The summed E-state index contributed by atoms with van der Waals surface area (Å²) in [5.41, 5.74) is 3.75. The molecule has 244 valence electrons. The van der Waals surface area contributed by atoms with Crippen LogP contribution in [0.4, 0.5) is 0 Å². The molecule has 3 aromatic carbocycles. The molecule has 1 aliphatic heterocycles. The molecule has 2 aromatic heterocycles. The number of benzene rings is 3. The van der Waals surface area contributed by atoms with Crippen molar-refractivity contribution in [2.24, 2.45) is 4.99 Å². The number of rotatable bonds is 9. The number of ether oxygens (including phenoxy) is 3. The second-order valence-corrected chi connectivity index (χ2v) is 12.4. The number of hydrogen-bond donors (Lipinski definition) is 0. The van der Waals surface area contributed by atoms with E-state index in [4.69, 9.17) is 23.6 Å². The van der Waals surface area contributed by atoms with Gasteiger partial charge in [-0.2, -0.15) is 0 Å². The van der Waals surface area contributed by atoms with Crippen molar-refractivity contribution < 1.29 is 28.2 Å². The van der Waals surface area contributed by atoms with Crippen LogP contribution in [-0.2, 0) is 14.3 Å². The first-order chi connectivity index (χ1) is 23.2. The van der Waals surface area contributed by atoms with Gasteiger partial charge in [0.15, 0.2) is 4.80 Å². The molecular weight excluding hydrogens is 628 g/mol. The molecule has 0 aliphatic carbocycles. The molecule has 5 aromatic rings. The fourth-order valence-corrected chi connectivity index (χ4v) is 6.54. The highest BCUT2D eigenvalue weighted by Gasteiger charge is 2.35. The number of aromatic nitrogens is 1. The summed E-state index contributed by atoms with van der Waals surface area (Å²) in [5, 5.41) is 0. The molecule has 0 fully saturated rings. The molecule has 6 rings (SSSR count). The Hall–Kier alpha value is -5.48. The van der Waals surface area contributed by atoms with Crippen molar-refractivity contribution in [1.82, 2.24) is 4.57 Å². The van der Waals surface area contributed by atoms with Crippen LogP contribution in [0.3, 0.4) is 0 Å². The van der Waals surface area contributed by atoms with Crippen LogP contribution < -0.4 is 19.6 Å². The van der Waals surface area contributed by atoms with Crippen molar-refractivity contribution in [3.05, 3.63) is 138 Å². The highest BCUT2D eigenvalue weighted by Crippen LogP contribution is 2.37. The van der Waals surface area contributed by atoms with E-state index < -0.39 is 18.0 Å². The van der Waals surface area contributed by atoms with Crippen LogP contribution in [0.15, 0.2) is 105 Å². The number of methoxy groups -OCH3 is 1. The first-order valence-corrected chi connectivity index (χ1v) is 16.3. The van der Waals surface area contributed by atoms with Crippen molar-refractivity contribution >= 4 is 35.0 Å². The normalized spacial score (nSPS) is 14.5. The SMILES string of the molecule is CCOC(=O)C1=C(c2ccccc2)N=c2s/c(=C/c3ccc(-c4cccc(C(=O)OC(C)C)c4)o3)c(=O)n2[C@@H]1c1ccc(C)c(OC)c1. The zero-order chi connectivity index (χ0) is 33.9. The minimum absolute atomic E-state index is 0.154. The van der Waals surface area contributed by atoms with E-state index in [9.17, 15) is 14.4 Å². The van der Waals surface area contributed by atoms with Gasteiger partial charge >= 0.3 is 11.9 Å². The Bertz CT molecular complexity index is 2220. The van der Waals surface area contributed by atoms with E-state index in [1.54, 1.807) is 64.3 Å². The minimum atomic E-state index is -0.840. The summed E-state index contributed by atoms with van der Waals surface area (Å²) in [6.07, 6.45) is 1.42. The van der Waals surface area contributed by atoms with E-state index >= 15 is 0 Å². The zero-order valence-electron chi connectivity index (χ0n) is 27.2. The van der Waals surface area contributed by atoms with E-state index in [2.05, 4.69) is 0 Å². The Morgan fingerprint density at radius 3 is 2.48 bits per heavy atom. The summed E-state index contributed by atoms with van der Waals surface area (Å²) in [5.74, 6) is 0.605. The topological polar surface area (TPSA) is 109 Å². The molecule has 10 heteroatoms. The maximum Gasteiger partial charge on any atom is 0.338 e. The second kappa shape index (κ2) is 13.7. The molecule has 0 saturated heterocycles. The maximum atomic E-state index is 14.3. The summed E-state index contributed by atoms with van der Waals surface area (Å²) < 4.78 is 24.6. The zero-order valence-corrected chi connectivity index (χ0v) is 28.0. The quantitative estimate of drug-likeness (QED) is 0.176. The summed E-state index contributed by atoms with van der Waals surface area (Å²) in [4.78, 5) is 45.8. The van der Waals surface area contributed by atoms with Gasteiger partial charge in [-0.25, -0.2) is 14.6 Å². The summed E-state index contributed by atoms with van der Waals surface area (Å²) in [6.45, 7) is 7.42. The van der Waals surface area contributed by atoms with Crippen molar-refractivity contribution in [1.29, 1.82) is 0 Å². The largest absolute Gasteiger partial charge is 0.496 e. The predicted octanol–water partition coefficient (Wildman–Crippen LogP) is 6.08. The molecule has 0 saturated carbocycles. The lowest BCUT2D eigenvalue weighted by molar-refractivity contribution is -0.138. The van der Waals surface area contributed by atoms with E-state index in [0.29, 0.717) is 49.0 Å². The van der Waals surface area contributed by atoms with Crippen LogP contribution >= 0.6 is 11.3 Å². The first kappa shape index (κ1) is 32.5. The van der Waals surface area contributed by atoms with Gasteiger partial charge in [0, 0.05) is 17.2 Å². The van der Waals surface area contributed by atoms with Crippen LogP contribution in [0.2, 0.25) is 0 Å². The van der Waals surface area contributed by atoms with Crippen LogP contribution in [0.1, 0.15) is 59.6 Å². The molecular formula is C38H34N2O7S. The Kier molecular flexibility index (Phi) is 9.27. The van der Waals surface area contributed by atoms with Gasteiger partial charge in [-0.05, 0) is 69.2 Å². The number of aryl methyl sites for hydroxylation is 1. The van der Waals surface area contributed by atoms with E-state index in [-0.39, 0.29) is 23.8 Å². The van der Waals surface area contributed by atoms with Crippen molar-refractivity contribution in [3.63, 3.8) is 0 Å². The Labute approximate surface area is 281 Å². The van der Waals surface area contributed by atoms with Gasteiger partial charge in [-0.3, -0.25) is 9.36 Å². The number of hydrogen-bond acceptors (Lipinski definition) is 9. The highest BCUT2D eigenvalue weighted by molar-refractivity contribution is 7.07. The lowest BCUT2D eigenvalue weighted by Crippen LogP contribution is -2.40. The Balaban J connectivity index is 1.50. The average Bonchev–Trinajstić information content (AvgIpc) is 3.68. The smallest absolute Gasteiger partial charge is 0.338 e. The Morgan fingerprint density at radius 1 is 0.979 bits per heavy atom. The van der Waals surface area contributed by atoms with Crippen LogP contribution in [0.5, 0.6) is 5.75 Å². The molecule has 0 radical (unpaired) electrons. The van der Waals surface area contributed by atoms with Crippen molar-refractivity contribution in [2.45, 2.75) is 39.8 Å². The third-order valence-electron chi connectivity index (χ3n) is 7.75. The van der Waals surface area contributed by atoms with Crippen LogP contribution in [0.25, 0.3) is 23.1 Å². The van der Waals surface area contributed by atoms with Crippen LogP contribution in [0, 0.1) is 6.92 Å². The number of thiazole rings is 1. The molecule has 0 bridgehead atoms. The van der Waals surface area contributed by atoms with Gasteiger partial charge in [0.2, 0.25) is 0 Å². The maximum absolute atomic E-state index is 14.3. The summed E-state index contributed by atoms with van der Waals surface area (Å²) in [7, 11) is 1.58. The van der Waals surface area contributed by atoms with Gasteiger partial charge in [0.1, 0.15) is 17.3 Å². The fourth-order valence-electron chi connectivity index (χ4n) is 5.56. The third kappa shape index (κ3) is 6.39. The molecule has 9 nitrogen and oxygen atoms in total. The van der Waals surface area contributed by atoms with Crippen molar-refractivity contribution in [2.75, 3.05) is 13.7 Å². The Morgan fingerprint density at radius 2 is 1.75 bits per heavy atom. The monoisotopic (exact) mass is 662 g/mol. The summed E-state index contributed by atoms with van der Waals surface area (Å²) in [6, 6.07) is 24.7. The van der Waals surface area contributed by atoms with E-state index in [1.807, 2.05) is 61.5 Å². The van der Waals surface area contributed by atoms with Gasteiger partial charge in [-0.1, -0.05) is 65.9 Å². The third-order valence-corrected chi connectivity index (χ3v) is 8.73. The molecule has 0 spiro atoms. The van der Waals surface area contributed by atoms with Gasteiger partial charge in [-0.15, -0.1) is 0 Å². The molecule has 0 N–H and O–H groups in total. The number of carbonyl (C=O) groups excluding carboxylic acids is 2. The highest BCUT2D eigenvalue weighted by atomic mass is 32.1. The van der Waals surface area contributed by atoms with Gasteiger partial charge < -0.3 is 18.6 Å². The molecule has 1 atom stereocenters. The second-order valence-electron chi connectivity index (χ2n) is 11.4. The van der Waals surface area contributed by atoms with E-state index in [0.717, 1.165) is 11.1 Å². The van der Waals surface area contributed by atoms with E-state index in [1.165, 1.54) is 15.9 Å². The van der Waals surface area contributed by atoms with Gasteiger partial charge in [0.05, 0.1) is 47.2 Å². The van der Waals surface area contributed by atoms with Gasteiger partial charge in [0.25, 0.3) is 5.56 Å². The number of carbonyl (C=O) groups is 2. The predicted molar refractivity (Wildman–Crippen MR) is 183 cm³/mol.